The van der Waals surface area contributed by atoms with Gasteiger partial charge in [-0.1, -0.05) is 60.7 Å². The Balaban J connectivity index is 1.46. The van der Waals surface area contributed by atoms with Crippen molar-refractivity contribution in [1.82, 2.24) is 19.4 Å². The van der Waals surface area contributed by atoms with Crippen molar-refractivity contribution < 1.29 is 13.2 Å². The number of rotatable bonds is 7. The van der Waals surface area contributed by atoms with Crippen molar-refractivity contribution in [2.75, 3.05) is 19.3 Å². The zero-order valence-electron chi connectivity index (χ0n) is 18.6. The number of carbonyl (C=O) groups excluding carboxylic acids is 1. The molecular formula is C25H28N4O3S. The fraction of sp³-hybridized carbons (Fsp3) is 0.280. The van der Waals surface area contributed by atoms with E-state index in [0.717, 1.165) is 22.4 Å². The lowest BCUT2D eigenvalue weighted by molar-refractivity contribution is -0.117. The van der Waals surface area contributed by atoms with Gasteiger partial charge in [-0.25, -0.2) is 12.7 Å². The standard InChI is InChI=1S/C25H28N4O3S/c1-33(31,32)29-16-14-23(15-17-29)26-24(30)13-12-22-19-28(18-20-8-4-2-5-9-20)27-25(22)21-10-6-3-7-11-21/h2-13,19,23H,14-18H2,1H3,(H,26,30). The van der Waals surface area contributed by atoms with Crippen LogP contribution in [0.3, 0.4) is 0 Å². The molecule has 33 heavy (non-hydrogen) atoms. The Hall–Kier alpha value is -3.23. The molecule has 172 valence electrons. The highest BCUT2D eigenvalue weighted by Crippen LogP contribution is 2.23. The fourth-order valence-electron chi connectivity index (χ4n) is 3.98. The number of hydrogen-bond donors (Lipinski definition) is 1. The molecule has 0 spiro atoms. The fourth-order valence-corrected chi connectivity index (χ4v) is 4.85. The van der Waals surface area contributed by atoms with Gasteiger partial charge in [-0.15, -0.1) is 0 Å². The van der Waals surface area contributed by atoms with Gasteiger partial charge in [-0.05, 0) is 24.5 Å². The summed E-state index contributed by atoms with van der Waals surface area (Å²) in [6, 6.07) is 20.0. The van der Waals surface area contributed by atoms with E-state index in [-0.39, 0.29) is 11.9 Å². The minimum absolute atomic E-state index is 0.0328. The van der Waals surface area contributed by atoms with Gasteiger partial charge in [0.15, 0.2) is 0 Å². The Morgan fingerprint density at radius 3 is 2.33 bits per heavy atom. The van der Waals surface area contributed by atoms with Gasteiger partial charge < -0.3 is 5.32 Å². The van der Waals surface area contributed by atoms with Gasteiger partial charge in [0.2, 0.25) is 15.9 Å². The molecule has 2 aromatic carbocycles. The molecule has 1 fully saturated rings. The first kappa shape index (κ1) is 22.9. The summed E-state index contributed by atoms with van der Waals surface area (Å²) in [7, 11) is -3.18. The van der Waals surface area contributed by atoms with Crippen LogP contribution in [0, 0.1) is 0 Å². The van der Waals surface area contributed by atoms with E-state index >= 15 is 0 Å². The van der Waals surface area contributed by atoms with Crippen LogP contribution in [-0.2, 0) is 21.4 Å². The van der Waals surface area contributed by atoms with E-state index in [9.17, 15) is 13.2 Å². The molecule has 0 saturated carbocycles. The Labute approximate surface area is 194 Å². The lowest BCUT2D eigenvalue weighted by Gasteiger charge is -2.30. The molecule has 2 heterocycles. The Morgan fingerprint density at radius 1 is 1.06 bits per heavy atom. The second kappa shape index (κ2) is 10.1. The monoisotopic (exact) mass is 464 g/mol. The van der Waals surface area contributed by atoms with Gasteiger partial charge in [-0.3, -0.25) is 9.48 Å². The predicted molar refractivity (Wildman–Crippen MR) is 130 cm³/mol. The van der Waals surface area contributed by atoms with Crippen molar-refractivity contribution in [1.29, 1.82) is 0 Å². The number of benzene rings is 2. The number of carbonyl (C=O) groups is 1. The van der Waals surface area contributed by atoms with Crippen LogP contribution in [0.15, 0.2) is 72.9 Å². The molecule has 1 aliphatic rings. The predicted octanol–water partition coefficient (Wildman–Crippen LogP) is 3.15. The summed E-state index contributed by atoms with van der Waals surface area (Å²) in [4.78, 5) is 12.6. The quantitative estimate of drug-likeness (QED) is 0.545. The normalized spacial score (nSPS) is 15.7. The van der Waals surface area contributed by atoms with Gasteiger partial charge in [0.05, 0.1) is 18.5 Å². The molecule has 4 rings (SSSR count). The second-order valence-electron chi connectivity index (χ2n) is 8.26. The van der Waals surface area contributed by atoms with E-state index in [0.29, 0.717) is 32.5 Å². The van der Waals surface area contributed by atoms with Crippen molar-refractivity contribution in [3.05, 3.63) is 84.1 Å². The largest absolute Gasteiger partial charge is 0.350 e. The number of nitrogens with one attached hydrogen (secondary N) is 1. The summed E-state index contributed by atoms with van der Waals surface area (Å²) in [5.41, 5.74) is 3.81. The first-order valence-corrected chi connectivity index (χ1v) is 12.8. The Morgan fingerprint density at radius 2 is 1.70 bits per heavy atom. The first-order chi connectivity index (χ1) is 15.9. The van der Waals surface area contributed by atoms with Crippen molar-refractivity contribution in [2.24, 2.45) is 0 Å². The van der Waals surface area contributed by atoms with Crippen LogP contribution in [0.1, 0.15) is 24.0 Å². The molecule has 8 heteroatoms. The molecule has 1 aromatic heterocycles. The van der Waals surface area contributed by atoms with Gasteiger partial charge in [0.25, 0.3) is 0 Å². The highest BCUT2D eigenvalue weighted by atomic mass is 32.2. The van der Waals surface area contributed by atoms with Crippen LogP contribution in [0.5, 0.6) is 0 Å². The molecule has 1 amide bonds. The molecule has 0 unspecified atom stereocenters. The molecule has 3 aromatic rings. The molecule has 1 N–H and O–H groups in total. The van der Waals surface area contributed by atoms with E-state index in [1.54, 1.807) is 6.08 Å². The van der Waals surface area contributed by atoms with Crippen LogP contribution in [0.25, 0.3) is 17.3 Å². The molecule has 1 saturated heterocycles. The Bertz CT molecular complexity index is 1210. The van der Waals surface area contributed by atoms with E-state index in [2.05, 4.69) is 17.4 Å². The van der Waals surface area contributed by atoms with Crippen LogP contribution in [0.4, 0.5) is 0 Å². The average Bonchev–Trinajstić information content (AvgIpc) is 3.21. The zero-order chi connectivity index (χ0) is 23.3. The summed E-state index contributed by atoms with van der Waals surface area (Å²) in [5.74, 6) is -0.192. The SMILES string of the molecule is CS(=O)(=O)N1CCC(NC(=O)C=Cc2cn(Cc3ccccc3)nc2-c2ccccc2)CC1. The number of nitrogens with zero attached hydrogens (tertiary/aromatic N) is 3. The topological polar surface area (TPSA) is 84.3 Å². The molecule has 0 bridgehead atoms. The van der Waals surface area contributed by atoms with Crippen molar-refractivity contribution in [3.8, 4) is 11.3 Å². The molecule has 0 atom stereocenters. The Kier molecular flexibility index (Phi) is 7.05. The van der Waals surface area contributed by atoms with Crippen LogP contribution >= 0.6 is 0 Å². The van der Waals surface area contributed by atoms with Crippen molar-refractivity contribution >= 4 is 22.0 Å². The smallest absolute Gasteiger partial charge is 0.244 e. The number of sulfonamides is 1. The maximum Gasteiger partial charge on any atom is 0.244 e. The highest BCUT2D eigenvalue weighted by Gasteiger charge is 2.25. The van der Waals surface area contributed by atoms with E-state index in [1.807, 2.05) is 59.4 Å². The zero-order valence-corrected chi connectivity index (χ0v) is 19.4. The minimum atomic E-state index is -3.18. The summed E-state index contributed by atoms with van der Waals surface area (Å²) >= 11 is 0. The van der Waals surface area contributed by atoms with Crippen molar-refractivity contribution in [2.45, 2.75) is 25.4 Å². The number of aromatic nitrogens is 2. The molecule has 7 nitrogen and oxygen atoms in total. The maximum absolute atomic E-state index is 12.6. The summed E-state index contributed by atoms with van der Waals surface area (Å²) < 4.78 is 26.7. The van der Waals surface area contributed by atoms with Crippen LogP contribution < -0.4 is 5.32 Å². The number of piperidine rings is 1. The summed E-state index contributed by atoms with van der Waals surface area (Å²) in [6.45, 7) is 1.50. The van der Waals surface area contributed by atoms with Gasteiger partial charge in [0.1, 0.15) is 0 Å². The maximum atomic E-state index is 12.6. The van der Waals surface area contributed by atoms with Gasteiger partial charge in [-0.2, -0.15) is 5.10 Å². The summed E-state index contributed by atoms with van der Waals surface area (Å²) in [5, 5.41) is 7.76. The highest BCUT2D eigenvalue weighted by molar-refractivity contribution is 7.88. The number of hydrogen-bond acceptors (Lipinski definition) is 4. The van der Waals surface area contributed by atoms with E-state index < -0.39 is 10.0 Å². The second-order valence-corrected chi connectivity index (χ2v) is 10.2. The first-order valence-electron chi connectivity index (χ1n) is 11.0. The molecule has 0 aliphatic carbocycles. The van der Waals surface area contributed by atoms with E-state index in [4.69, 9.17) is 5.10 Å². The molecule has 1 aliphatic heterocycles. The van der Waals surface area contributed by atoms with E-state index in [1.165, 1.54) is 16.6 Å². The van der Waals surface area contributed by atoms with Gasteiger partial charge >= 0.3 is 0 Å². The summed E-state index contributed by atoms with van der Waals surface area (Å²) in [6.07, 6.45) is 7.70. The average molecular weight is 465 g/mol. The lowest BCUT2D eigenvalue weighted by atomic mass is 10.1. The third-order valence-corrected chi connectivity index (χ3v) is 7.01. The van der Waals surface area contributed by atoms with Crippen molar-refractivity contribution in [3.63, 3.8) is 0 Å². The lowest BCUT2D eigenvalue weighted by Crippen LogP contribution is -2.45. The van der Waals surface area contributed by atoms with Crippen LogP contribution in [-0.4, -0.2) is 53.8 Å². The third-order valence-electron chi connectivity index (χ3n) is 5.71. The number of amides is 1. The molecular weight excluding hydrogens is 436 g/mol. The third kappa shape index (κ3) is 6.18. The van der Waals surface area contributed by atoms with Crippen LogP contribution in [0.2, 0.25) is 0 Å². The minimum Gasteiger partial charge on any atom is -0.350 e. The molecule has 0 radical (unpaired) electrons. The van der Waals surface area contributed by atoms with Gasteiger partial charge in [0, 0.05) is 42.5 Å².